The number of allylic oxidation sites excluding steroid dienone is 1. The van der Waals surface area contributed by atoms with Crippen molar-refractivity contribution in [3.05, 3.63) is 12.3 Å². The third-order valence-electron chi connectivity index (χ3n) is 3.65. The fraction of sp³-hybridized carbons (Fsp3) is 0.857. The van der Waals surface area contributed by atoms with Crippen molar-refractivity contribution in [2.75, 3.05) is 13.1 Å². The molecule has 0 aliphatic heterocycles. The van der Waals surface area contributed by atoms with Gasteiger partial charge in [0, 0.05) is 29.7 Å². The van der Waals surface area contributed by atoms with Crippen molar-refractivity contribution in [2.45, 2.75) is 59.9 Å². The second-order valence-electron chi connectivity index (χ2n) is 5.81. The van der Waals surface area contributed by atoms with E-state index in [4.69, 9.17) is 0 Å². The Bertz CT molecular complexity index is 217. The van der Waals surface area contributed by atoms with Crippen LogP contribution in [0.1, 0.15) is 54.4 Å². The molecule has 0 unspecified atom stereocenters. The van der Waals surface area contributed by atoms with Crippen molar-refractivity contribution in [1.82, 2.24) is 10.6 Å². The van der Waals surface area contributed by atoms with E-state index in [1.165, 1.54) is 0 Å². The van der Waals surface area contributed by atoms with Crippen LogP contribution in [0.25, 0.3) is 0 Å². The fourth-order valence-electron chi connectivity index (χ4n) is 1.19. The van der Waals surface area contributed by atoms with Crippen molar-refractivity contribution in [3.63, 3.8) is 0 Å². The van der Waals surface area contributed by atoms with E-state index in [1.54, 1.807) is 0 Å². The van der Waals surface area contributed by atoms with E-state index in [9.17, 15) is 0 Å². The van der Waals surface area contributed by atoms with Gasteiger partial charge in [0.2, 0.25) is 0 Å². The van der Waals surface area contributed by atoms with Crippen molar-refractivity contribution >= 4 is 0 Å². The summed E-state index contributed by atoms with van der Waals surface area (Å²) in [6.07, 6.45) is 2.26. The van der Waals surface area contributed by atoms with Crippen LogP contribution in [0.5, 0.6) is 0 Å². The molecule has 0 aromatic heterocycles. The van der Waals surface area contributed by atoms with Gasteiger partial charge in [-0.15, -0.1) is 0 Å². The molecule has 0 bridgehead atoms. The molecule has 0 amide bonds. The highest BCUT2D eigenvalue weighted by atomic mass is 15.0. The van der Waals surface area contributed by atoms with Gasteiger partial charge >= 0.3 is 0 Å². The zero-order valence-electron chi connectivity index (χ0n) is 12.0. The van der Waals surface area contributed by atoms with Crippen molar-refractivity contribution in [1.29, 1.82) is 0 Å². The molecule has 96 valence electrons. The molecule has 2 nitrogen and oxygen atoms in total. The van der Waals surface area contributed by atoms with Crippen LogP contribution in [0, 0.1) is 5.41 Å². The lowest BCUT2D eigenvalue weighted by atomic mass is 9.87. The molecule has 0 aliphatic carbocycles. The monoisotopic (exact) mass is 226 g/mol. The Morgan fingerprint density at radius 1 is 1.00 bits per heavy atom. The van der Waals surface area contributed by atoms with Crippen LogP contribution in [0.4, 0.5) is 0 Å². The Labute approximate surface area is 102 Å². The molecule has 0 radical (unpaired) electrons. The van der Waals surface area contributed by atoms with Gasteiger partial charge in [-0.3, -0.25) is 0 Å². The first-order valence-corrected chi connectivity index (χ1v) is 6.43. The maximum atomic E-state index is 4.11. The van der Waals surface area contributed by atoms with Crippen molar-refractivity contribution in [3.8, 4) is 0 Å². The zero-order valence-corrected chi connectivity index (χ0v) is 12.0. The zero-order chi connectivity index (χ0) is 12.8. The summed E-state index contributed by atoms with van der Waals surface area (Å²) >= 11 is 0. The fourth-order valence-corrected chi connectivity index (χ4v) is 1.19. The van der Waals surface area contributed by atoms with E-state index < -0.39 is 0 Å². The number of hydrogen-bond donors (Lipinski definition) is 2. The third-order valence-corrected chi connectivity index (χ3v) is 3.65. The third kappa shape index (κ3) is 5.55. The molecule has 0 aromatic carbocycles. The standard InChI is InChI=1S/C14H30N2/c1-8-13(4,5)12(3)15-10-11-16-14(6,7)9-2/h15-16H,3,8-11H2,1-2,4-7H3. The lowest BCUT2D eigenvalue weighted by molar-refractivity contribution is 0.364. The maximum absolute atomic E-state index is 4.11. The minimum Gasteiger partial charge on any atom is -0.387 e. The van der Waals surface area contributed by atoms with Crippen LogP contribution in [-0.4, -0.2) is 18.6 Å². The van der Waals surface area contributed by atoms with Crippen molar-refractivity contribution in [2.24, 2.45) is 5.41 Å². The number of hydrogen-bond acceptors (Lipinski definition) is 2. The molecular formula is C14H30N2. The molecule has 0 saturated carbocycles. The molecule has 0 heterocycles. The molecule has 0 saturated heterocycles. The molecule has 2 N–H and O–H groups in total. The van der Waals surface area contributed by atoms with Gasteiger partial charge in [0.05, 0.1) is 0 Å². The maximum Gasteiger partial charge on any atom is 0.0269 e. The SMILES string of the molecule is C=C(NCCNC(C)(C)CC)C(C)(C)CC. The summed E-state index contributed by atoms with van der Waals surface area (Å²) in [6.45, 7) is 19.4. The number of nitrogens with one attached hydrogen (secondary N) is 2. The molecule has 0 spiro atoms. The summed E-state index contributed by atoms with van der Waals surface area (Å²) in [6, 6.07) is 0. The Kier molecular flexibility index (Phi) is 6.09. The van der Waals surface area contributed by atoms with E-state index in [2.05, 4.69) is 58.8 Å². The highest BCUT2D eigenvalue weighted by molar-refractivity contribution is 5.04. The quantitative estimate of drug-likeness (QED) is 0.621. The minimum absolute atomic E-state index is 0.195. The largest absolute Gasteiger partial charge is 0.387 e. The van der Waals surface area contributed by atoms with E-state index in [1.807, 2.05) is 0 Å². The smallest absolute Gasteiger partial charge is 0.0269 e. The van der Waals surface area contributed by atoms with E-state index in [-0.39, 0.29) is 11.0 Å². The topological polar surface area (TPSA) is 24.1 Å². The summed E-state index contributed by atoms with van der Waals surface area (Å²) in [4.78, 5) is 0. The van der Waals surface area contributed by atoms with Crippen LogP contribution in [0.15, 0.2) is 12.3 Å². The molecule has 16 heavy (non-hydrogen) atoms. The lowest BCUT2D eigenvalue weighted by Gasteiger charge is -2.28. The van der Waals surface area contributed by atoms with Gasteiger partial charge in [0.1, 0.15) is 0 Å². The first-order valence-electron chi connectivity index (χ1n) is 6.43. The van der Waals surface area contributed by atoms with Gasteiger partial charge in [-0.25, -0.2) is 0 Å². The summed E-state index contributed by atoms with van der Waals surface area (Å²) in [5, 5.41) is 6.94. The summed E-state index contributed by atoms with van der Waals surface area (Å²) in [5.41, 5.74) is 1.58. The predicted molar refractivity (Wildman–Crippen MR) is 73.6 cm³/mol. The molecule has 0 rings (SSSR count). The van der Waals surface area contributed by atoms with Gasteiger partial charge in [0.15, 0.2) is 0 Å². The molecule has 2 heteroatoms. The Hall–Kier alpha value is -0.500. The van der Waals surface area contributed by atoms with Crippen LogP contribution < -0.4 is 10.6 Å². The highest BCUT2D eigenvalue weighted by Crippen LogP contribution is 2.26. The molecule has 0 aliphatic rings. The first-order chi connectivity index (χ1) is 7.25. The molecule has 0 aromatic rings. The normalized spacial score (nSPS) is 12.6. The summed E-state index contributed by atoms with van der Waals surface area (Å²) < 4.78 is 0. The van der Waals surface area contributed by atoms with E-state index in [0.29, 0.717) is 0 Å². The van der Waals surface area contributed by atoms with Crippen LogP contribution >= 0.6 is 0 Å². The molecule has 0 atom stereocenters. The molecule has 0 fully saturated rings. The Morgan fingerprint density at radius 3 is 2.00 bits per heavy atom. The number of rotatable bonds is 8. The Balaban J connectivity index is 3.80. The first kappa shape index (κ1) is 15.5. The second-order valence-corrected chi connectivity index (χ2v) is 5.81. The Morgan fingerprint density at radius 2 is 1.56 bits per heavy atom. The predicted octanol–water partition coefficient (Wildman–Crippen LogP) is 3.30. The van der Waals surface area contributed by atoms with E-state index >= 15 is 0 Å². The average molecular weight is 226 g/mol. The van der Waals surface area contributed by atoms with E-state index in [0.717, 1.165) is 31.6 Å². The van der Waals surface area contributed by atoms with Crippen molar-refractivity contribution < 1.29 is 0 Å². The van der Waals surface area contributed by atoms with Crippen LogP contribution in [0.3, 0.4) is 0 Å². The van der Waals surface area contributed by atoms with Gasteiger partial charge < -0.3 is 10.6 Å². The molecular weight excluding hydrogens is 196 g/mol. The van der Waals surface area contributed by atoms with Gasteiger partial charge in [-0.05, 0) is 26.7 Å². The summed E-state index contributed by atoms with van der Waals surface area (Å²) in [5.74, 6) is 0. The van der Waals surface area contributed by atoms with Gasteiger partial charge in [-0.2, -0.15) is 0 Å². The summed E-state index contributed by atoms with van der Waals surface area (Å²) in [7, 11) is 0. The minimum atomic E-state index is 0.195. The highest BCUT2D eigenvalue weighted by Gasteiger charge is 2.19. The van der Waals surface area contributed by atoms with Crippen LogP contribution in [0.2, 0.25) is 0 Å². The second kappa shape index (κ2) is 6.29. The average Bonchev–Trinajstić information content (AvgIpc) is 2.24. The lowest BCUT2D eigenvalue weighted by Crippen LogP contribution is -2.42. The van der Waals surface area contributed by atoms with Gasteiger partial charge in [-0.1, -0.05) is 34.3 Å². The van der Waals surface area contributed by atoms with Gasteiger partial charge in [0.25, 0.3) is 0 Å². The van der Waals surface area contributed by atoms with Crippen LogP contribution in [-0.2, 0) is 0 Å².